The number of H-pyrrole nitrogens is 1. The van der Waals surface area contributed by atoms with Crippen molar-refractivity contribution in [2.24, 2.45) is 0 Å². The molecule has 2 N–H and O–H groups in total. The smallest absolute Gasteiger partial charge is 0.298 e. The Balaban J connectivity index is 0.000000144. The number of hydrogen-bond acceptors (Lipinski definition) is 3. The fraction of sp³-hybridized carbons (Fsp3) is 0. The van der Waals surface area contributed by atoms with Crippen molar-refractivity contribution >= 4 is 17.4 Å². The second kappa shape index (κ2) is 3.83. The lowest BCUT2D eigenvalue weighted by Crippen LogP contribution is -2.13. The van der Waals surface area contributed by atoms with Gasteiger partial charge < -0.3 is 14.7 Å². The van der Waals surface area contributed by atoms with Crippen LogP contribution in [0.4, 0.5) is 5.69 Å². The molecule has 0 bridgehead atoms. The highest BCUT2D eigenvalue weighted by Gasteiger charge is 2.28. The minimum atomic E-state index is -0.554. The number of fused-ring (bicyclic) bond motifs is 1. The van der Waals surface area contributed by atoms with Crippen LogP contribution in [-0.4, -0.2) is 16.7 Å². The molecule has 0 spiro atoms. The van der Waals surface area contributed by atoms with Crippen LogP contribution in [0.1, 0.15) is 10.5 Å². The summed E-state index contributed by atoms with van der Waals surface area (Å²) in [6.45, 7) is 0. The number of nitrogens with one attached hydrogen (secondary N) is 2. The Morgan fingerprint density at radius 3 is 2.40 bits per heavy atom. The second-order valence-electron chi connectivity index (χ2n) is 2.84. The van der Waals surface area contributed by atoms with Gasteiger partial charge in [0.15, 0.2) is 0 Å². The van der Waals surface area contributed by atoms with E-state index < -0.39 is 11.7 Å². The largest absolute Gasteiger partial charge is 0.473 e. The van der Waals surface area contributed by atoms with Gasteiger partial charge in [-0.05, 0) is 18.2 Å². The number of rotatable bonds is 0. The Labute approximate surface area is 85.1 Å². The van der Waals surface area contributed by atoms with Crippen LogP contribution in [0.15, 0.2) is 41.3 Å². The number of Topliss-reactive ketones (excluding diaryl/α,β-unsaturated/α-hetero) is 1. The maximum Gasteiger partial charge on any atom is 0.298 e. The standard InChI is InChI=1S/C6H4N2O2.C4H4O/c9-5-4-3(1-2-7-4)8-6(5)10;1-2-4-5-3-1/h1-2,7H,(H,8,9,10);1-4H. The van der Waals surface area contributed by atoms with Gasteiger partial charge in [0.2, 0.25) is 0 Å². The Bertz CT molecular complexity index is 453. The summed E-state index contributed by atoms with van der Waals surface area (Å²) in [6.07, 6.45) is 4.86. The van der Waals surface area contributed by atoms with Gasteiger partial charge in [0.05, 0.1) is 18.2 Å². The highest BCUT2D eigenvalue weighted by molar-refractivity contribution is 6.51. The molecule has 0 aromatic carbocycles. The molecule has 3 rings (SSSR count). The zero-order valence-electron chi connectivity index (χ0n) is 7.69. The lowest BCUT2D eigenvalue weighted by molar-refractivity contribution is -0.112. The summed E-state index contributed by atoms with van der Waals surface area (Å²) in [4.78, 5) is 24.1. The molecule has 0 atom stereocenters. The van der Waals surface area contributed by atoms with E-state index in [1.807, 2.05) is 12.1 Å². The van der Waals surface area contributed by atoms with E-state index in [9.17, 15) is 9.59 Å². The van der Waals surface area contributed by atoms with Gasteiger partial charge in [0.1, 0.15) is 5.69 Å². The number of furan rings is 1. The zero-order chi connectivity index (χ0) is 10.7. The number of hydrogen-bond donors (Lipinski definition) is 2. The van der Waals surface area contributed by atoms with E-state index in [1.54, 1.807) is 24.8 Å². The van der Waals surface area contributed by atoms with Crippen molar-refractivity contribution in [1.29, 1.82) is 0 Å². The van der Waals surface area contributed by atoms with Crippen molar-refractivity contribution in [2.45, 2.75) is 0 Å². The third-order valence-corrected chi connectivity index (χ3v) is 1.85. The summed E-state index contributed by atoms with van der Waals surface area (Å²) in [6, 6.07) is 5.32. The van der Waals surface area contributed by atoms with Crippen LogP contribution in [0.25, 0.3) is 0 Å². The minimum absolute atomic E-state index is 0.366. The van der Waals surface area contributed by atoms with Crippen LogP contribution < -0.4 is 5.32 Å². The highest BCUT2D eigenvalue weighted by Crippen LogP contribution is 2.19. The van der Waals surface area contributed by atoms with Gasteiger partial charge in [-0.3, -0.25) is 9.59 Å². The molecule has 1 aliphatic heterocycles. The molecule has 0 aliphatic carbocycles. The minimum Gasteiger partial charge on any atom is -0.473 e. The van der Waals surface area contributed by atoms with E-state index in [-0.39, 0.29) is 0 Å². The molecule has 0 fully saturated rings. The maximum absolute atomic E-state index is 10.8. The number of aromatic amines is 1. The normalized spacial score (nSPS) is 12.8. The first-order valence-corrected chi connectivity index (χ1v) is 4.29. The molecule has 0 saturated heterocycles. The lowest BCUT2D eigenvalue weighted by atomic mass is 10.3. The number of anilines is 1. The van der Waals surface area contributed by atoms with Crippen molar-refractivity contribution in [2.75, 3.05) is 5.32 Å². The van der Waals surface area contributed by atoms with E-state index in [0.717, 1.165) is 0 Å². The Morgan fingerprint density at radius 1 is 1.13 bits per heavy atom. The molecule has 2 aromatic rings. The van der Waals surface area contributed by atoms with Crippen LogP contribution in [-0.2, 0) is 4.79 Å². The zero-order valence-corrected chi connectivity index (χ0v) is 7.69. The topological polar surface area (TPSA) is 75.1 Å². The average molecular weight is 204 g/mol. The predicted octanol–water partition coefficient (Wildman–Crippen LogP) is 1.43. The van der Waals surface area contributed by atoms with Crippen LogP contribution >= 0.6 is 0 Å². The molecule has 76 valence electrons. The number of carbonyl (C=O) groups excluding carboxylic acids is 2. The number of ketones is 1. The second-order valence-corrected chi connectivity index (χ2v) is 2.84. The molecular weight excluding hydrogens is 196 g/mol. The van der Waals surface area contributed by atoms with Gasteiger partial charge in [0, 0.05) is 6.20 Å². The van der Waals surface area contributed by atoms with Crippen molar-refractivity contribution in [3.05, 3.63) is 42.6 Å². The number of carbonyl (C=O) groups is 2. The summed E-state index contributed by atoms with van der Waals surface area (Å²) in [5.41, 5.74) is 0.944. The molecule has 1 aliphatic rings. The molecular formula is C10H8N2O3. The van der Waals surface area contributed by atoms with Gasteiger partial charge in [-0.2, -0.15) is 0 Å². The monoisotopic (exact) mass is 204 g/mol. The fourth-order valence-corrected chi connectivity index (χ4v) is 1.18. The van der Waals surface area contributed by atoms with Gasteiger partial charge in [-0.15, -0.1) is 0 Å². The van der Waals surface area contributed by atoms with Gasteiger partial charge in [0.25, 0.3) is 11.7 Å². The van der Waals surface area contributed by atoms with E-state index in [0.29, 0.717) is 11.4 Å². The summed E-state index contributed by atoms with van der Waals surface area (Å²) in [5.74, 6) is -1.04. The van der Waals surface area contributed by atoms with Crippen molar-refractivity contribution in [3.8, 4) is 0 Å². The Hall–Kier alpha value is -2.30. The molecule has 0 unspecified atom stereocenters. The summed E-state index contributed by atoms with van der Waals surface area (Å²) in [5, 5.41) is 2.41. The van der Waals surface area contributed by atoms with Crippen LogP contribution in [0.3, 0.4) is 0 Å². The third kappa shape index (κ3) is 1.80. The molecule has 2 aromatic heterocycles. The molecule has 0 saturated carbocycles. The van der Waals surface area contributed by atoms with Crippen molar-refractivity contribution in [1.82, 2.24) is 4.98 Å². The maximum atomic E-state index is 10.8. The predicted molar refractivity (Wildman–Crippen MR) is 52.5 cm³/mol. The average Bonchev–Trinajstić information content (AvgIpc) is 2.91. The van der Waals surface area contributed by atoms with Gasteiger partial charge >= 0.3 is 0 Å². The van der Waals surface area contributed by atoms with E-state index in [1.165, 1.54) is 0 Å². The molecule has 15 heavy (non-hydrogen) atoms. The molecule has 0 radical (unpaired) electrons. The Morgan fingerprint density at radius 2 is 1.87 bits per heavy atom. The van der Waals surface area contributed by atoms with E-state index in [4.69, 9.17) is 0 Å². The van der Waals surface area contributed by atoms with Gasteiger partial charge in [-0.25, -0.2) is 0 Å². The SMILES string of the molecule is O=C1Nc2cc[nH]c2C1=O.c1ccoc1. The van der Waals surface area contributed by atoms with Crippen LogP contribution in [0, 0.1) is 0 Å². The molecule has 1 amide bonds. The van der Waals surface area contributed by atoms with Crippen LogP contribution in [0.2, 0.25) is 0 Å². The van der Waals surface area contributed by atoms with Gasteiger partial charge in [-0.1, -0.05) is 0 Å². The molecule has 5 heteroatoms. The first-order valence-electron chi connectivity index (χ1n) is 4.29. The van der Waals surface area contributed by atoms with E-state index >= 15 is 0 Å². The number of aromatic nitrogens is 1. The summed E-state index contributed by atoms with van der Waals surface area (Å²) < 4.78 is 4.58. The van der Waals surface area contributed by atoms with Crippen molar-refractivity contribution in [3.63, 3.8) is 0 Å². The summed E-state index contributed by atoms with van der Waals surface area (Å²) in [7, 11) is 0. The first-order chi connectivity index (χ1) is 7.29. The quantitative estimate of drug-likeness (QED) is 0.637. The highest BCUT2D eigenvalue weighted by atomic mass is 16.3. The van der Waals surface area contributed by atoms with Crippen LogP contribution in [0.5, 0.6) is 0 Å². The lowest BCUT2D eigenvalue weighted by Gasteiger charge is -1.83. The Kier molecular flexibility index (Phi) is 2.37. The number of amides is 1. The summed E-state index contributed by atoms with van der Waals surface area (Å²) >= 11 is 0. The van der Waals surface area contributed by atoms with E-state index in [2.05, 4.69) is 14.7 Å². The molecule has 3 heterocycles. The molecule has 5 nitrogen and oxygen atoms in total. The van der Waals surface area contributed by atoms with Crippen molar-refractivity contribution < 1.29 is 14.0 Å². The fourth-order valence-electron chi connectivity index (χ4n) is 1.18. The first kappa shape index (κ1) is 9.26. The third-order valence-electron chi connectivity index (χ3n) is 1.85.